The van der Waals surface area contributed by atoms with E-state index in [1.54, 1.807) is 12.1 Å². The molecule has 2 heterocycles. The summed E-state index contributed by atoms with van der Waals surface area (Å²) in [5, 5.41) is 22.4. The van der Waals surface area contributed by atoms with Crippen molar-refractivity contribution in [1.82, 2.24) is 10.3 Å². The molecule has 2 aliphatic rings. The second-order valence-corrected chi connectivity index (χ2v) is 10.5. The molecule has 13 heteroatoms. The Morgan fingerprint density at radius 2 is 1.90 bits per heavy atom. The van der Waals surface area contributed by atoms with Gasteiger partial charge in [-0.05, 0) is 36.4 Å². The van der Waals surface area contributed by atoms with Crippen molar-refractivity contribution in [2.24, 2.45) is 0 Å². The summed E-state index contributed by atoms with van der Waals surface area (Å²) in [6.07, 6.45) is -1.97. The fraction of sp³-hybridized carbons (Fsp3) is 0.276. The molecule has 3 amide bonds. The molecule has 1 aliphatic carbocycles. The van der Waals surface area contributed by atoms with Gasteiger partial charge in [0.25, 0.3) is 17.7 Å². The van der Waals surface area contributed by atoms with E-state index in [1.165, 1.54) is 42.6 Å². The Balaban J connectivity index is 1.63. The van der Waals surface area contributed by atoms with Gasteiger partial charge >= 0.3 is 0 Å². The van der Waals surface area contributed by atoms with Crippen LogP contribution in [0.5, 0.6) is 0 Å². The number of nitrogens with zero attached hydrogens (tertiary/aromatic N) is 4. The predicted octanol–water partition coefficient (Wildman–Crippen LogP) is 3.90. The molecule has 216 valence electrons. The summed E-state index contributed by atoms with van der Waals surface area (Å²) in [5.41, 5.74) is 0.154. The van der Waals surface area contributed by atoms with Gasteiger partial charge in [0.1, 0.15) is 29.8 Å². The molecule has 0 bridgehead atoms. The Bertz CT molecular complexity index is 1590. The third-order valence-electron chi connectivity index (χ3n) is 7.15. The number of aromatic nitrogens is 1. The van der Waals surface area contributed by atoms with Gasteiger partial charge < -0.3 is 10.4 Å². The minimum absolute atomic E-state index is 0.0635. The Morgan fingerprint density at radius 1 is 1.17 bits per heavy atom. The first-order valence-corrected chi connectivity index (χ1v) is 13.3. The van der Waals surface area contributed by atoms with Gasteiger partial charge in [-0.3, -0.25) is 24.2 Å². The van der Waals surface area contributed by atoms with Crippen LogP contribution in [0, 0.1) is 17.1 Å². The molecule has 42 heavy (non-hydrogen) atoms. The van der Waals surface area contributed by atoms with Gasteiger partial charge in [0.2, 0.25) is 5.91 Å². The van der Waals surface area contributed by atoms with Crippen molar-refractivity contribution in [3.8, 4) is 6.07 Å². The molecule has 3 aromatic rings. The summed E-state index contributed by atoms with van der Waals surface area (Å²) >= 11 is 6.47. The van der Waals surface area contributed by atoms with Crippen LogP contribution in [0.2, 0.25) is 5.02 Å². The van der Waals surface area contributed by atoms with Crippen LogP contribution in [-0.2, 0) is 14.4 Å². The Labute approximate surface area is 243 Å². The zero-order chi connectivity index (χ0) is 30.2. The summed E-state index contributed by atoms with van der Waals surface area (Å²) in [6, 6.07) is 11.5. The molecule has 2 fully saturated rings. The molecular weight excluding hydrogens is 575 g/mol. The lowest BCUT2D eigenvalue weighted by Gasteiger charge is -2.39. The number of nitriles is 1. The number of halogens is 4. The van der Waals surface area contributed by atoms with Crippen molar-refractivity contribution < 1.29 is 32.7 Å². The highest BCUT2D eigenvalue weighted by Gasteiger charge is 2.50. The van der Waals surface area contributed by atoms with E-state index in [0.29, 0.717) is 0 Å². The van der Waals surface area contributed by atoms with E-state index < -0.39 is 73.0 Å². The lowest BCUT2D eigenvalue weighted by atomic mass is 9.87. The molecule has 1 aliphatic heterocycles. The third kappa shape index (κ3) is 5.66. The van der Waals surface area contributed by atoms with Crippen LogP contribution in [0.25, 0.3) is 0 Å². The molecule has 3 atom stereocenters. The molecule has 1 saturated heterocycles. The van der Waals surface area contributed by atoms with Crippen molar-refractivity contribution in [3.63, 3.8) is 0 Å². The Morgan fingerprint density at radius 3 is 2.57 bits per heavy atom. The number of aliphatic hydroxyl groups excluding tert-OH is 1. The van der Waals surface area contributed by atoms with E-state index >= 15 is 0 Å². The van der Waals surface area contributed by atoms with Gasteiger partial charge in [-0.2, -0.15) is 5.26 Å². The first kappa shape index (κ1) is 29.0. The fourth-order valence-electron chi connectivity index (χ4n) is 5.16. The molecule has 1 saturated carbocycles. The Kier molecular flexibility index (Phi) is 7.90. The highest BCUT2D eigenvalue weighted by Crippen LogP contribution is 2.40. The van der Waals surface area contributed by atoms with Crippen LogP contribution < -0.4 is 15.1 Å². The number of hydrogen-bond acceptors (Lipinski definition) is 6. The molecular formula is C29H23ClF3N5O4. The van der Waals surface area contributed by atoms with Crippen LogP contribution in [0.1, 0.15) is 36.4 Å². The van der Waals surface area contributed by atoms with Crippen LogP contribution in [0.3, 0.4) is 0 Å². The number of aliphatic hydroxyl groups is 1. The van der Waals surface area contributed by atoms with E-state index in [9.17, 15) is 37.9 Å². The minimum atomic E-state index is -2.94. The predicted molar refractivity (Wildman–Crippen MR) is 145 cm³/mol. The monoisotopic (exact) mass is 597 g/mol. The third-order valence-corrected chi connectivity index (χ3v) is 7.50. The van der Waals surface area contributed by atoms with E-state index in [2.05, 4.69) is 10.3 Å². The van der Waals surface area contributed by atoms with E-state index in [-0.39, 0.29) is 27.7 Å². The number of anilines is 2. The van der Waals surface area contributed by atoms with Gasteiger partial charge in [-0.1, -0.05) is 35.9 Å². The highest BCUT2D eigenvalue weighted by atomic mass is 35.5. The van der Waals surface area contributed by atoms with Crippen LogP contribution in [0.4, 0.5) is 24.7 Å². The van der Waals surface area contributed by atoms with Gasteiger partial charge in [0, 0.05) is 47.8 Å². The summed E-state index contributed by atoms with van der Waals surface area (Å²) in [4.78, 5) is 47.3. The number of carbonyl (C=O) groups is 3. The first-order valence-electron chi connectivity index (χ1n) is 12.9. The maximum absolute atomic E-state index is 14.5. The maximum atomic E-state index is 14.5. The largest absolute Gasteiger partial charge is 0.383 e. The molecule has 1 aromatic heterocycles. The average molecular weight is 598 g/mol. The number of carbonyl (C=O) groups excluding carboxylic acids is 3. The molecule has 0 spiro atoms. The van der Waals surface area contributed by atoms with E-state index in [1.807, 2.05) is 6.07 Å². The zero-order valence-corrected chi connectivity index (χ0v) is 22.5. The minimum Gasteiger partial charge on any atom is -0.383 e. The standard InChI is InChI=1S/C29H23ClF3N5O4/c30-21-7-2-1-6-20(21)25(26(40)36-18-13-29(32,33)14-18)37(19-5-3-4-17(31)11-19)27(41)22-12-23(39)28(42)38(22)24-10-16(15-34)8-9-35-24/h1-11,18,22-23,25,39H,12-14H2,(H,36,40)/t22-,23-,25-/m0/s1. The summed E-state index contributed by atoms with van der Waals surface area (Å²) < 4.78 is 41.7. The van der Waals surface area contributed by atoms with Gasteiger partial charge in [-0.25, -0.2) is 18.2 Å². The quantitative estimate of drug-likeness (QED) is 0.425. The lowest BCUT2D eigenvalue weighted by molar-refractivity contribution is -0.133. The number of nitrogens with one attached hydrogen (secondary N) is 1. The summed E-state index contributed by atoms with van der Waals surface area (Å²) in [7, 11) is 0. The van der Waals surface area contributed by atoms with Crippen molar-refractivity contribution in [2.45, 2.75) is 49.4 Å². The summed E-state index contributed by atoms with van der Waals surface area (Å²) in [5.74, 6) is -6.42. The number of pyridine rings is 1. The lowest BCUT2D eigenvalue weighted by Crippen LogP contribution is -2.56. The van der Waals surface area contributed by atoms with Crippen molar-refractivity contribution >= 4 is 40.8 Å². The average Bonchev–Trinajstić information content (AvgIpc) is 3.24. The molecule has 0 unspecified atom stereocenters. The molecule has 5 rings (SSSR count). The molecule has 0 radical (unpaired) electrons. The second-order valence-electron chi connectivity index (χ2n) is 10.1. The highest BCUT2D eigenvalue weighted by molar-refractivity contribution is 6.31. The molecule has 9 nitrogen and oxygen atoms in total. The van der Waals surface area contributed by atoms with Gasteiger partial charge in [-0.15, -0.1) is 0 Å². The number of hydrogen-bond donors (Lipinski definition) is 2. The van der Waals surface area contributed by atoms with Crippen LogP contribution in [-0.4, -0.2) is 51.9 Å². The van der Waals surface area contributed by atoms with Gasteiger partial charge in [0.15, 0.2) is 0 Å². The molecule has 2 N–H and O–H groups in total. The Hall–Kier alpha value is -4.47. The zero-order valence-electron chi connectivity index (χ0n) is 21.8. The van der Waals surface area contributed by atoms with E-state index in [0.717, 1.165) is 21.9 Å². The SMILES string of the molecule is N#Cc1ccnc(N2C(=O)[C@@H](O)C[C@H]2C(=O)N(c2cccc(F)c2)[C@H](C(=O)NC2CC(F)(F)C2)c2ccccc2Cl)c1. The second kappa shape index (κ2) is 11.4. The van der Waals surface area contributed by atoms with Crippen molar-refractivity contribution in [3.05, 3.63) is 88.8 Å². The van der Waals surface area contributed by atoms with Crippen molar-refractivity contribution in [2.75, 3.05) is 9.80 Å². The smallest absolute Gasteiger partial charge is 0.257 e. The van der Waals surface area contributed by atoms with Crippen LogP contribution in [0.15, 0.2) is 66.9 Å². The normalized spacial score (nSPS) is 20.4. The van der Waals surface area contributed by atoms with E-state index in [4.69, 9.17) is 11.6 Å². The molecule has 2 aromatic carbocycles. The number of benzene rings is 2. The number of alkyl halides is 2. The van der Waals surface area contributed by atoms with Crippen LogP contribution >= 0.6 is 11.6 Å². The number of amides is 3. The topological polar surface area (TPSA) is 127 Å². The number of rotatable bonds is 7. The first-order chi connectivity index (χ1) is 20.0. The maximum Gasteiger partial charge on any atom is 0.257 e. The fourth-order valence-corrected chi connectivity index (χ4v) is 5.40. The van der Waals surface area contributed by atoms with Gasteiger partial charge in [0.05, 0.1) is 11.6 Å². The summed E-state index contributed by atoms with van der Waals surface area (Å²) in [6.45, 7) is 0. The van der Waals surface area contributed by atoms with Crippen molar-refractivity contribution in [1.29, 1.82) is 5.26 Å².